The Labute approximate surface area is 427 Å². The van der Waals surface area contributed by atoms with Gasteiger partial charge in [-0.15, -0.1) is 21.9 Å². The number of ether oxygens (including phenoxy) is 2. The van der Waals surface area contributed by atoms with Gasteiger partial charge in [-0.25, -0.2) is 52.7 Å². The molecule has 0 bridgehead atoms. The van der Waals surface area contributed by atoms with Crippen LogP contribution in [0.15, 0.2) is 84.9 Å². The summed E-state index contributed by atoms with van der Waals surface area (Å²) < 4.78 is 197. The quantitative estimate of drug-likeness (QED) is 0.0321. The van der Waals surface area contributed by atoms with Crippen LogP contribution in [-0.2, 0) is 0 Å². The molecule has 0 aliphatic carbocycles. The maximum Gasteiger partial charge on any atom is 0.362 e. The molecule has 7 rings (SSSR count). The lowest BCUT2D eigenvalue weighted by Crippen LogP contribution is -3.61. The second kappa shape index (κ2) is 22.2. The van der Waals surface area contributed by atoms with Gasteiger partial charge in [-0.1, -0.05) is 141 Å². The van der Waals surface area contributed by atoms with E-state index in [0.29, 0.717) is 13.2 Å². The van der Waals surface area contributed by atoms with Gasteiger partial charge in [0.2, 0.25) is 3.57 Å². The molecule has 0 aromatic heterocycles. The predicted octanol–water partition coefficient (Wildman–Crippen LogP) is 11.2. The summed E-state index contributed by atoms with van der Waals surface area (Å²) in [4.78, 5) is 0. The monoisotopic (exact) mass is 1220 g/mol. The van der Waals surface area contributed by atoms with Crippen molar-refractivity contribution in [3.63, 3.8) is 0 Å². The van der Waals surface area contributed by atoms with Gasteiger partial charge in [-0.05, 0) is 36.4 Å². The number of benzene rings is 7. The minimum atomic E-state index is -5.62. The predicted molar refractivity (Wildman–Crippen MR) is 237 cm³/mol. The fraction of sp³-hybridized carbons (Fsp3) is 0.0455. The van der Waals surface area contributed by atoms with Crippen molar-refractivity contribution in [1.82, 2.24) is 0 Å². The van der Waals surface area contributed by atoms with E-state index in [4.69, 9.17) is 102 Å². The molecule has 0 unspecified atom stereocenters. The molecule has 0 aliphatic rings. The maximum atomic E-state index is 16.0. The SMILES string of the molecule is Fc1c(F)c(Cl)c(Cl)c([B-](c2c(F)c(F)c(F)c(Cl)c2Cl)(c2c(F)c(F)c(F)c(Cl)c2Cl)c2c(F)c(F)c(F)c(Cl)c2Cl)c1F.c1ccc(OCCOc2ccccc2[I+]c2ccccc2)cc1. The third-order valence-electron chi connectivity index (χ3n) is 9.84. The lowest BCUT2D eigenvalue weighted by Gasteiger charge is -2.46. The molecule has 24 heteroatoms. The lowest BCUT2D eigenvalue weighted by molar-refractivity contribution is -0.598. The average molecular weight is 1230 g/mol. The average Bonchev–Trinajstić information content (AvgIpc) is 3.34. The van der Waals surface area contributed by atoms with Crippen LogP contribution in [0, 0.1) is 76.9 Å². The molecule has 0 N–H and O–H groups in total. The normalized spacial score (nSPS) is 11.4. The molecule has 2 nitrogen and oxygen atoms in total. The number of halogens is 21. The van der Waals surface area contributed by atoms with Crippen LogP contribution in [0.3, 0.4) is 0 Å². The lowest BCUT2D eigenvalue weighted by atomic mass is 9.12. The Morgan fingerprint density at radius 3 is 1.01 bits per heavy atom. The van der Waals surface area contributed by atoms with Crippen LogP contribution in [0.5, 0.6) is 11.5 Å². The van der Waals surface area contributed by atoms with Gasteiger partial charge >= 0.3 is 21.2 Å². The highest BCUT2D eigenvalue weighted by Gasteiger charge is 2.50. The largest absolute Gasteiger partial charge is 0.490 e. The maximum absolute atomic E-state index is 16.0. The molecule has 356 valence electrons. The van der Waals surface area contributed by atoms with Crippen LogP contribution in [-0.4, -0.2) is 19.4 Å². The van der Waals surface area contributed by atoms with Crippen molar-refractivity contribution in [3.8, 4) is 11.5 Å². The Kier molecular flexibility index (Phi) is 17.6. The van der Waals surface area contributed by atoms with Crippen LogP contribution >= 0.6 is 92.8 Å². The van der Waals surface area contributed by atoms with Crippen molar-refractivity contribution in [2.75, 3.05) is 13.2 Å². The molecule has 68 heavy (non-hydrogen) atoms. The summed E-state index contributed by atoms with van der Waals surface area (Å²) in [6.45, 7) is 1.09. The zero-order chi connectivity index (χ0) is 50.1. The van der Waals surface area contributed by atoms with E-state index in [1.165, 1.54) is 7.14 Å². The summed E-state index contributed by atoms with van der Waals surface area (Å²) in [5.41, 5.74) is -8.47. The minimum absolute atomic E-state index is 0.226. The van der Waals surface area contributed by atoms with E-state index in [1.807, 2.05) is 42.5 Å². The van der Waals surface area contributed by atoms with E-state index in [9.17, 15) is 17.6 Å². The summed E-state index contributed by atoms with van der Waals surface area (Å²) in [5.74, 6) is -29.4. The van der Waals surface area contributed by atoms with Gasteiger partial charge in [0.25, 0.3) is 0 Å². The van der Waals surface area contributed by atoms with Gasteiger partial charge in [-0.2, -0.15) is 0 Å². The molecule has 0 spiro atoms. The Morgan fingerprint density at radius 2 is 0.647 bits per heavy atom. The Bertz CT molecular complexity index is 2690. The van der Waals surface area contributed by atoms with E-state index in [2.05, 4.69) is 42.5 Å². The molecule has 0 atom stereocenters. The number of rotatable bonds is 11. The molecular weight excluding hydrogens is 1210 g/mol. The van der Waals surface area contributed by atoms with E-state index < -0.39 is 138 Å². The Morgan fingerprint density at radius 1 is 0.338 bits per heavy atom. The zero-order valence-corrected chi connectivity index (χ0v) is 41.0. The molecule has 7 aromatic rings. The van der Waals surface area contributed by atoms with E-state index in [1.54, 1.807) is 0 Å². The highest BCUT2D eigenvalue weighted by molar-refractivity contribution is 7.22. The summed E-state index contributed by atoms with van der Waals surface area (Å²) in [7, 11) is 0. The van der Waals surface area contributed by atoms with Crippen molar-refractivity contribution in [2.45, 2.75) is 0 Å². The van der Waals surface area contributed by atoms with Crippen molar-refractivity contribution < 1.29 is 83.4 Å². The summed E-state index contributed by atoms with van der Waals surface area (Å²) in [6.07, 6.45) is -5.62. The fourth-order valence-electron chi connectivity index (χ4n) is 6.94. The van der Waals surface area contributed by atoms with E-state index in [0.717, 1.165) is 11.5 Å². The molecule has 0 heterocycles. The fourth-order valence-corrected chi connectivity index (χ4v) is 11.4. The first-order valence-electron chi connectivity index (χ1n) is 18.4. The van der Waals surface area contributed by atoms with Crippen LogP contribution in [0.1, 0.15) is 0 Å². The number of para-hydroxylation sites is 2. The van der Waals surface area contributed by atoms with Gasteiger partial charge in [-0.3, -0.25) is 0 Å². The molecular formula is C44H18BCl8F12IO2. The first-order valence-corrected chi connectivity index (χ1v) is 23.6. The highest BCUT2D eigenvalue weighted by atomic mass is 127. The second-order valence-electron chi connectivity index (χ2n) is 13.6. The van der Waals surface area contributed by atoms with E-state index >= 15 is 35.1 Å². The smallest absolute Gasteiger partial charge is 0.362 e. The van der Waals surface area contributed by atoms with Crippen LogP contribution in [0.25, 0.3) is 0 Å². The molecule has 7 aromatic carbocycles. The third-order valence-corrected chi connectivity index (χ3v) is 16.0. The van der Waals surface area contributed by atoms with E-state index in [-0.39, 0.29) is 21.2 Å². The van der Waals surface area contributed by atoms with Crippen molar-refractivity contribution in [3.05, 3.63) is 202 Å². The Balaban J connectivity index is 0.000000276. The number of hydrogen-bond acceptors (Lipinski definition) is 2. The summed E-state index contributed by atoms with van der Waals surface area (Å²) >= 11 is 46.4. The molecule has 0 aliphatic heterocycles. The minimum Gasteiger partial charge on any atom is -0.490 e. The van der Waals surface area contributed by atoms with Crippen LogP contribution in [0.4, 0.5) is 52.7 Å². The number of hydrogen-bond donors (Lipinski definition) is 0. The summed E-state index contributed by atoms with van der Waals surface area (Å²) in [6, 6.07) is 28.7. The van der Waals surface area contributed by atoms with Crippen LogP contribution < -0.4 is 52.5 Å². The first-order chi connectivity index (χ1) is 32.1. The van der Waals surface area contributed by atoms with Gasteiger partial charge in [0.1, 0.15) is 48.4 Å². The van der Waals surface area contributed by atoms with Gasteiger partial charge in [0.05, 0.1) is 20.1 Å². The first kappa shape index (κ1) is 53.8. The Hall–Kier alpha value is -3.59. The van der Waals surface area contributed by atoms with Crippen molar-refractivity contribution in [2.24, 2.45) is 0 Å². The standard InChI is InChI=1S/C24BCl8F12.C20H18IO2/c26-5-1(13(34)21(42)17(38)9(5)30)25(2-6(27)10(31)18(39)22(43)14(2)35,3-7(28)11(32)19(40)23(44)15(3)36)4-8(29)12(33)20(41)24(45)16(4)37;1-3-9-17(10-4-1)21-19-13-7-8-14-20(19)23-16-15-22-18-11-5-2-6-12-18/h;1-14H,15-16H2/q-1;+1. The topological polar surface area (TPSA) is 18.5 Å². The molecule has 0 saturated heterocycles. The van der Waals surface area contributed by atoms with Gasteiger partial charge in [0.15, 0.2) is 55.9 Å². The molecule has 0 fully saturated rings. The summed E-state index contributed by atoms with van der Waals surface area (Å²) in [5, 5.41) is -13.9. The molecule has 0 amide bonds. The third kappa shape index (κ3) is 9.87. The van der Waals surface area contributed by atoms with Crippen molar-refractivity contribution >= 4 is 121 Å². The zero-order valence-electron chi connectivity index (χ0n) is 32.8. The van der Waals surface area contributed by atoms with Crippen LogP contribution in [0.2, 0.25) is 40.2 Å². The van der Waals surface area contributed by atoms with Gasteiger partial charge in [0, 0.05) is 20.1 Å². The van der Waals surface area contributed by atoms with Gasteiger partial charge < -0.3 is 9.47 Å². The van der Waals surface area contributed by atoms with Crippen molar-refractivity contribution in [1.29, 1.82) is 0 Å². The molecule has 0 radical (unpaired) electrons. The highest BCUT2D eigenvalue weighted by Crippen LogP contribution is 2.40. The molecule has 0 saturated carbocycles. The second-order valence-corrected chi connectivity index (χ2v) is 19.6.